The van der Waals surface area contributed by atoms with Crippen molar-refractivity contribution >= 4 is 23.2 Å². The maximum atomic E-state index is 12.7. The summed E-state index contributed by atoms with van der Waals surface area (Å²) in [6.07, 6.45) is 0.216. The molecule has 136 valence electrons. The van der Waals surface area contributed by atoms with Crippen molar-refractivity contribution in [1.82, 2.24) is 0 Å². The van der Waals surface area contributed by atoms with E-state index < -0.39 is 0 Å². The number of hydrogen-bond donors (Lipinski definition) is 1. The minimum Gasteiger partial charge on any atom is -0.495 e. The Labute approximate surface area is 154 Å². The van der Waals surface area contributed by atoms with Crippen LogP contribution in [-0.4, -0.2) is 25.5 Å². The van der Waals surface area contributed by atoms with E-state index in [-0.39, 0.29) is 24.2 Å². The van der Waals surface area contributed by atoms with E-state index in [0.29, 0.717) is 18.0 Å². The van der Waals surface area contributed by atoms with Crippen LogP contribution in [0.2, 0.25) is 0 Å². The monoisotopic (exact) mass is 352 g/mol. The molecule has 1 atom stereocenters. The molecule has 1 unspecified atom stereocenters. The summed E-state index contributed by atoms with van der Waals surface area (Å²) >= 11 is 0. The highest BCUT2D eigenvalue weighted by atomic mass is 16.5. The number of aryl methyl sites for hydroxylation is 3. The number of amides is 2. The fourth-order valence-corrected chi connectivity index (χ4v) is 3.49. The normalized spacial score (nSPS) is 16.7. The Balaban J connectivity index is 1.79. The van der Waals surface area contributed by atoms with Gasteiger partial charge in [-0.15, -0.1) is 0 Å². The largest absolute Gasteiger partial charge is 0.495 e. The number of carbonyl (C=O) groups excluding carboxylic acids is 2. The Hall–Kier alpha value is -2.82. The number of hydrogen-bond acceptors (Lipinski definition) is 3. The molecular formula is C21H24N2O3. The maximum Gasteiger partial charge on any atom is 0.229 e. The van der Waals surface area contributed by atoms with Crippen LogP contribution in [0.1, 0.15) is 23.1 Å². The van der Waals surface area contributed by atoms with Gasteiger partial charge in [0.05, 0.1) is 18.7 Å². The van der Waals surface area contributed by atoms with Gasteiger partial charge in [-0.2, -0.15) is 0 Å². The number of ether oxygens (including phenoxy) is 1. The molecule has 2 amide bonds. The van der Waals surface area contributed by atoms with Crippen LogP contribution in [0.3, 0.4) is 0 Å². The van der Waals surface area contributed by atoms with Crippen LogP contribution in [0, 0.1) is 26.7 Å². The molecule has 1 N–H and O–H groups in total. The lowest BCUT2D eigenvalue weighted by Gasteiger charge is -2.21. The Morgan fingerprint density at radius 3 is 2.50 bits per heavy atom. The highest BCUT2D eigenvalue weighted by molar-refractivity contribution is 6.04. The lowest BCUT2D eigenvalue weighted by molar-refractivity contribution is -0.122. The van der Waals surface area contributed by atoms with Gasteiger partial charge in [0, 0.05) is 18.7 Å². The molecule has 1 saturated heterocycles. The van der Waals surface area contributed by atoms with Crippen LogP contribution < -0.4 is 15.0 Å². The van der Waals surface area contributed by atoms with Crippen molar-refractivity contribution in [2.75, 3.05) is 23.9 Å². The van der Waals surface area contributed by atoms with Crippen LogP contribution >= 0.6 is 0 Å². The third-order valence-electron chi connectivity index (χ3n) is 4.82. The first kappa shape index (κ1) is 18.0. The lowest BCUT2D eigenvalue weighted by Crippen LogP contribution is -2.29. The van der Waals surface area contributed by atoms with Crippen molar-refractivity contribution in [3.63, 3.8) is 0 Å². The van der Waals surface area contributed by atoms with Gasteiger partial charge in [0.15, 0.2) is 0 Å². The first-order chi connectivity index (χ1) is 12.4. The van der Waals surface area contributed by atoms with Gasteiger partial charge in [0.1, 0.15) is 5.75 Å². The molecule has 26 heavy (non-hydrogen) atoms. The minimum atomic E-state index is -0.383. The van der Waals surface area contributed by atoms with E-state index in [0.717, 1.165) is 22.4 Å². The molecule has 0 radical (unpaired) electrons. The highest BCUT2D eigenvalue weighted by Gasteiger charge is 2.36. The summed E-state index contributed by atoms with van der Waals surface area (Å²) in [4.78, 5) is 27.0. The van der Waals surface area contributed by atoms with Crippen LogP contribution in [0.15, 0.2) is 36.4 Å². The molecule has 0 spiro atoms. The molecule has 5 heteroatoms. The Morgan fingerprint density at radius 2 is 1.85 bits per heavy atom. The summed E-state index contributed by atoms with van der Waals surface area (Å²) in [5, 5.41) is 2.92. The van der Waals surface area contributed by atoms with Gasteiger partial charge in [0.25, 0.3) is 0 Å². The number of nitrogens with zero attached hydrogens (tertiary/aromatic N) is 1. The predicted octanol–water partition coefficient (Wildman–Crippen LogP) is 3.61. The molecule has 5 nitrogen and oxygen atoms in total. The topological polar surface area (TPSA) is 58.6 Å². The van der Waals surface area contributed by atoms with Crippen molar-refractivity contribution in [2.45, 2.75) is 27.2 Å². The number of carbonyl (C=O) groups is 2. The Kier molecular flexibility index (Phi) is 4.98. The van der Waals surface area contributed by atoms with E-state index in [1.54, 1.807) is 12.0 Å². The SMILES string of the molecule is COc1ccc(C)cc1NC(=O)C1CC(=O)N(c2c(C)cccc2C)C1. The molecule has 0 saturated carbocycles. The summed E-state index contributed by atoms with van der Waals surface area (Å²) in [6.45, 7) is 6.32. The second-order valence-corrected chi connectivity index (χ2v) is 6.84. The average molecular weight is 352 g/mol. The van der Waals surface area contributed by atoms with Crippen molar-refractivity contribution in [3.8, 4) is 5.75 Å². The second kappa shape index (κ2) is 7.20. The van der Waals surface area contributed by atoms with E-state index >= 15 is 0 Å². The van der Waals surface area contributed by atoms with Crippen molar-refractivity contribution < 1.29 is 14.3 Å². The van der Waals surface area contributed by atoms with Crippen LogP contribution in [-0.2, 0) is 9.59 Å². The lowest BCUT2D eigenvalue weighted by atomic mass is 10.1. The molecule has 1 aliphatic rings. The zero-order chi connectivity index (χ0) is 18.8. The van der Waals surface area contributed by atoms with E-state index in [1.807, 2.05) is 57.2 Å². The summed E-state index contributed by atoms with van der Waals surface area (Å²) in [7, 11) is 1.57. The molecule has 1 aliphatic heterocycles. The number of para-hydroxylation sites is 1. The number of anilines is 2. The van der Waals surface area contributed by atoms with E-state index in [2.05, 4.69) is 5.32 Å². The van der Waals surface area contributed by atoms with Gasteiger partial charge in [-0.1, -0.05) is 24.3 Å². The maximum absolute atomic E-state index is 12.7. The molecule has 3 rings (SSSR count). The van der Waals surface area contributed by atoms with Gasteiger partial charge in [-0.25, -0.2) is 0 Å². The zero-order valence-electron chi connectivity index (χ0n) is 15.6. The molecule has 0 bridgehead atoms. The van der Waals surface area contributed by atoms with Crippen LogP contribution in [0.25, 0.3) is 0 Å². The molecule has 0 aliphatic carbocycles. The van der Waals surface area contributed by atoms with Gasteiger partial charge >= 0.3 is 0 Å². The summed E-state index contributed by atoms with van der Waals surface area (Å²) < 4.78 is 5.31. The summed E-state index contributed by atoms with van der Waals surface area (Å²) in [5.74, 6) is 0.0568. The summed E-state index contributed by atoms with van der Waals surface area (Å²) in [5.41, 5.74) is 4.66. The first-order valence-electron chi connectivity index (χ1n) is 8.72. The number of nitrogens with one attached hydrogen (secondary N) is 1. The molecular weight excluding hydrogens is 328 g/mol. The minimum absolute atomic E-state index is 0.0150. The van der Waals surface area contributed by atoms with Gasteiger partial charge in [0.2, 0.25) is 11.8 Å². The molecule has 0 aromatic heterocycles. The standard InChI is InChI=1S/C21H24N2O3/c1-13-8-9-18(26-4)17(10-13)22-21(25)16-11-19(24)23(12-16)20-14(2)6-5-7-15(20)3/h5-10,16H,11-12H2,1-4H3,(H,22,25). The van der Waals surface area contributed by atoms with Crippen molar-refractivity contribution in [2.24, 2.45) is 5.92 Å². The molecule has 2 aromatic carbocycles. The molecule has 1 heterocycles. The fraction of sp³-hybridized carbons (Fsp3) is 0.333. The highest BCUT2D eigenvalue weighted by Crippen LogP contribution is 2.32. The van der Waals surface area contributed by atoms with Gasteiger partial charge in [-0.3, -0.25) is 9.59 Å². The zero-order valence-corrected chi connectivity index (χ0v) is 15.6. The van der Waals surface area contributed by atoms with Crippen molar-refractivity contribution in [1.29, 1.82) is 0 Å². The average Bonchev–Trinajstić information content (AvgIpc) is 2.97. The van der Waals surface area contributed by atoms with E-state index in [1.165, 1.54) is 0 Å². The van der Waals surface area contributed by atoms with E-state index in [4.69, 9.17) is 4.74 Å². The fourth-order valence-electron chi connectivity index (χ4n) is 3.49. The number of benzene rings is 2. The quantitative estimate of drug-likeness (QED) is 0.914. The van der Waals surface area contributed by atoms with E-state index in [9.17, 15) is 9.59 Å². The van der Waals surface area contributed by atoms with Gasteiger partial charge in [-0.05, 0) is 49.6 Å². The second-order valence-electron chi connectivity index (χ2n) is 6.84. The molecule has 2 aromatic rings. The van der Waals surface area contributed by atoms with Crippen LogP contribution in [0.5, 0.6) is 5.75 Å². The Morgan fingerprint density at radius 1 is 1.15 bits per heavy atom. The third kappa shape index (κ3) is 3.43. The first-order valence-corrected chi connectivity index (χ1v) is 8.72. The van der Waals surface area contributed by atoms with Gasteiger partial charge < -0.3 is 15.0 Å². The smallest absolute Gasteiger partial charge is 0.229 e. The summed E-state index contributed by atoms with van der Waals surface area (Å²) in [6, 6.07) is 11.6. The van der Waals surface area contributed by atoms with Crippen LogP contribution in [0.4, 0.5) is 11.4 Å². The third-order valence-corrected chi connectivity index (χ3v) is 4.82. The number of methoxy groups -OCH3 is 1. The van der Waals surface area contributed by atoms with Crippen molar-refractivity contribution in [3.05, 3.63) is 53.1 Å². The predicted molar refractivity (Wildman–Crippen MR) is 103 cm³/mol. The molecule has 1 fully saturated rings. The Bertz CT molecular complexity index is 840. The number of rotatable bonds is 4.